The van der Waals surface area contributed by atoms with Gasteiger partial charge in [-0.1, -0.05) is 68.7 Å². The van der Waals surface area contributed by atoms with Gasteiger partial charge in [0.05, 0.1) is 13.7 Å². The van der Waals surface area contributed by atoms with Crippen LogP contribution in [0.3, 0.4) is 0 Å². The molecule has 1 amide bonds. The van der Waals surface area contributed by atoms with Gasteiger partial charge in [0.25, 0.3) is 0 Å². The Morgan fingerprint density at radius 1 is 0.923 bits per heavy atom. The zero-order valence-corrected chi connectivity index (χ0v) is 23.7. The van der Waals surface area contributed by atoms with E-state index in [9.17, 15) is 9.59 Å². The number of amides is 1. The van der Waals surface area contributed by atoms with E-state index in [2.05, 4.69) is 54.3 Å². The molecule has 5 heteroatoms. The summed E-state index contributed by atoms with van der Waals surface area (Å²) in [7, 11) is 5.46. The van der Waals surface area contributed by atoms with E-state index >= 15 is 0 Å². The van der Waals surface area contributed by atoms with Crippen LogP contribution in [0, 0.1) is 5.92 Å². The number of aryl methyl sites for hydroxylation is 1. The Kier molecular flexibility index (Phi) is 9.59. The molecule has 0 N–H and O–H groups in total. The minimum Gasteiger partial charge on any atom is -0.466 e. The smallest absolute Gasteiger partial charge is 0.330 e. The molecule has 1 aliphatic rings. The first kappa shape index (κ1) is 28.2. The zero-order valence-electron chi connectivity index (χ0n) is 23.7. The molecular formula is C34H40N2O3. The highest BCUT2D eigenvalue weighted by atomic mass is 16.5. The second-order valence-electron chi connectivity index (χ2n) is 10.5. The van der Waals surface area contributed by atoms with Crippen LogP contribution >= 0.6 is 0 Å². The van der Waals surface area contributed by atoms with Crippen LogP contribution < -0.4 is 9.80 Å². The van der Waals surface area contributed by atoms with Crippen molar-refractivity contribution >= 4 is 29.3 Å². The average molecular weight is 525 g/mol. The van der Waals surface area contributed by atoms with Crippen LogP contribution in [0.25, 0.3) is 17.2 Å². The molecule has 5 nitrogen and oxygen atoms in total. The molecule has 0 saturated heterocycles. The number of nitrogens with zero attached hydrogens (tertiary/aromatic N) is 2. The largest absolute Gasteiger partial charge is 0.466 e. The summed E-state index contributed by atoms with van der Waals surface area (Å²) in [5, 5.41) is 0. The number of rotatable bonds is 9. The molecule has 0 bridgehead atoms. The Morgan fingerprint density at radius 2 is 1.67 bits per heavy atom. The lowest BCUT2D eigenvalue weighted by molar-refractivity contribution is -0.134. The maximum atomic E-state index is 13.9. The molecule has 0 spiro atoms. The van der Waals surface area contributed by atoms with Crippen molar-refractivity contribution in [2.45, 2.75) is 52.0 Å². The van der Waals surface area contributed by atoms with E-state index in [1.54, 1.807) is 6.08 Å². The number of carbonyl (C=O) groups is 2. The van der Waals surface area contributed by atoms with Crippen molar-refractivity contribution in [1.29, 1.82) is 0 Å². The van der Waals surface area contributed by atoms with Gasteiger partial charge in [0, 0.05) is 37.5 Å². The summed E-state index contributed by atoms with van der Waals surface area (Å²) in [6, 6.07) is 23.1. The van der Waals surface area contributed by atoms with Gasteiger partial charge in [-0.2, -0.15) is 0 Å². The minimum atomic E-state index is -0.404. The van der Waals surface area contributed by atoms with Gasteiger partial charge in [0.1, 0.15) is 0 Å². The zero-order chi connectivity index (χ0) is 27.8. The highest BCUT2D eigenvalue weighted by molar-refractivity contribution is 5.95. The van der Waals surface area contributed by atoms with Crippen molar-refractivity contribution in [2.24, 2.45) is 5.92 Å². The highest BCUT2D eigenvalue weighted by Crippen LogP contribution is 2.31. The van der Waals surface area contributed by atoms with Crippen LogP contribution in [0.4, 0.5) is 11.4 Å². The van der Waals surface area contributed by atoms with Crippen LogP contribution in [0.1, 0.15) is 55.7 Å². The SMILES string of the molecule is CCc1cc(CN(C(=O)C2CCCCC2)c2cccc(/C=C/C(=O)OC)c2)ccc1-c1ccc(N(C)C)cc1. The van der Waals surface area contributed by atoms with Gasteiger partial charge in [0.2, 0.25) is 5.91 Å². The van der Waals surface area contributed by atoms with Gasteiger partial charge in [-0.25, -0.2) is 4.79 Å². The van der Waals surface area contributed by atoms with Crippen molar-refractivity contribution in [1.82, 2.24) is 0 Å². The third kappa shape index (κ3) is 7.17. The number of hydrogen-bond acceptors (Lipinski definition) is 4. The minimum absolute atomic E-state index is 0.0492. The van der Waals surface area contributed by atoms with Crippen molar-refractivity contribution < 1.29 is 14.3 Å². The maximum absolute atomic E-state index is 13.9. The fourth-order valence-electron chi connectivity index (χ4n) is 5.34. The first-order valence-electron chi connectivity index (χ1n) is 14.0. The summed E-state index contributed by atoms with van der Waals surface area (Å²) in [5.74, 6) is -0.169. The summed E-state index contributed by atoms with van der Waals surface area (Å²) in [4.78, 5) is 29.5. The van der Waals surface area contributed by atoms with Gasteiger partial charge in [-0.05, 0) is 77.4 Å². The standard InChI is InChI=1S/C34H40N2O3/c1-5-27-22-26(14-20-32(27)28-16-18-30(19-17-28)35(2)3)24-36(34(38)29-11-7-6-8-12-29)31-13-9-10-25(23-31)15-21-33(37)39-4/h9-10,13-23,29H,5-8,11-12,24H2,1-4H3/b21-15+. The quantitative estimate of drug-likeness (QED) is 0.218. The van der Waals surface area contributed by atoms with Gasteiger partial charge >= 0.3 is 5.97 Å². The Labute approximate surface area is 233 Å². The van der Waals surface area contributed by atoms with Crippen molar-refractivity contribution in [3.8, 4) is 11.1 Å². The molecule has 1 saturated carbocycles. The number of carbonyl (C=O) groups excluding carboxylic acids is 2. The number of esters is 1. The lowest BCUT2D eigenvalue weighted by Gasteiger charge is -2.30. The summed E-state index contributed by atoms with van der Waals surface area (Å²) >= 11 is 0. The lowest BCUT2D eigenvalue weighted by Crippen LogP contribution is -2.36. The van der Waals surface area contributed by atoms with E-state index < -0.39 is 5.97 Å². The number of hydrogen-bond donors (Lipinski definition) is 0. The molecule has 0 aliphatic heterocycles. The molecule has 204 valence electrons. The molecule has 0 heterocycles. The summed E-state index contributed by atoms with van der Waals surface area (Å²) in [6.07, 6.45) is 9.34. The Morgan fingerprint density at radius 3 is 2.33 bits per heavy atom. The Bertz CT molecular complexity index is 1300. The predicted molar refractivity (Wildman–Crippen MR) is 161 cm³/mol. The summed E-state index contributed by atoms with van der Waals surface area (Å²) in [5.41, 5.74) is 7.68. The van der Waals surface area contributed by atoms with E-state index in [0.717, 1.165) is 48.9 Å². The highest BCUT2D eigenvalue weighted by Gasteiger charge is 2.27. The van der Waals surface area contributed by atoms with Gasteiger partial charge in [-0.3, -0.25) is 4.79 Å². The van der Waals surface area contributed by atoms with E-state index in [1.165, 1.54) is 42.0 Å². The van der Waals surface area contributed by atoms with E-state index in [0.29, 0.717) is 6.54 Å². The molecule has 0 aromatic heterocycles. The number of benzene rings is 3. The molecular weight excluding hydrogens is 484 g/mol. The van der Waals surface area contributed by atoms with Crippen molar-refractivity contribution in [3.05, 3.63) is 89.5 Å². The molecule has 0 radical (unpaired) electrons. The fraction of sp³-hybridized carbons (Fsp3) is 0.353. The second kappa shape index (κ2) is 13.3. The summed E-state index contributed by atoms with van der Waals surface area (Å²) < 4.78 is 4.73. The number of methoxy groups -OCH3 is 1. The van der Waals surface area contributed by atoms with Crippen LogP contribution in [-0.2, 0) is 27.3 Å². The van der Waals surface area contributed by atoms with Crippen molar-refractivity contribution in [3.63, 3.8) is 0 Å². The monoisotopic (exact) mass is 524 g/mol. The molecule has 1 fully saturated rings. The topological polar surface area (TPSA) is 49.9 Å². The molecule has 1 aliphatic carbocycles. The molecule has 3 aromatic rings. The van der Waals surface area contributed by atoms with Crippen LogP contribution in [0.5, 0.6) is 0 Å². The fourth-order valence-corrected chi connectivity index (χ4v) is 5.34. The average Bonchev–Trinajstić information content (AvgIpc) is 2.98. The van der Waals surface area contributed by atoms with Crippen LogP contribution in [-0.4, -0.2) is 33.1 Å². The van der Waals surface area contributed by atoms with Crippen LogP contribution in [0.2, 0.25) is 0 Å². The Hall–Kier alpha value is -3.86. The van der Waals surface area contributed by atoms with E-state index in [1.807, 2.05) is 43.3 Å². The molecule has 39 heavy (non-hydrogen) atoms. The molecule has 0 unspecified atom stereocenters. The van der Waals surface area contributed by atoms with E-state index in [-0.39, 0.29) is 11.8 Å². The lowest BCUT2D eigenvalue weighted by atomic mass is 9.88. The normalized spacial score (nSPS) is 13.8. The Balaban J connectivity index is 1.65. The number of ether oxygens (including phenoxy) is 1. The van der Waals surface area contributed by atoms with E-state index in [4.69, 9.17) is 4.74 Å². The van der Waals surface area contributed by atoms with Crippen LogP contribution in [0.15, 0.2) is 72.8 Å². The third-order valence-corrected chi connectivity index (χ3v) is 7.60. The van der Waals surface area contributed by atoms with Gasteiger partial charge in [0.15, 0.2) is 0 Å². The first-order chi connectivity index (χ1) is 18.9. The molecule has 3 aromatic carbocycles. The number of anilines is 2. The van der Waals surface area contributed by atoms with Gasteiger partial charge in [-0.15, -0.1) is 0 Å². The third-order valence-electron chi connectivity index (χ3n) is 7.60. The second-order valence-corrected chi connectivity index (χ2v) is 10.5. The van der Waals surface area contributed by atoms with Gasteiger partial charge < -0.3 is 14.5 Å². The molecule has 4 rings (SSSR count). The molecule has 0 atom stereocenters. The first-order valence-corrected chi connectivity index (χ1v) is 14.0. The maximum Gasteiger partial charge on any atom is 0.330 e. The summed E-state index contributed by atoms with van der Waals surface area (Å²) in [6.45, 7) is 2.69. The van der Waals surface area contributed by atoms with Crippen molar-refractivity contribution in [2.75, 3.05) is 31.0 Å². The predicted octanol–water partition coefficient (Wildman–Crippen LogP) is 7.28.